The molecule has 0 spiro atoms. The Morgan fingerprint density at radius 3 is 2.69 bits per heavy atom. The number of carbonyl (C=O) groups excluding carboxylic acids is 2. The number of carbonyl (C=O) groups is 2. The molecule has 0 bridgehead atoms. The van der Waals surface area contributed by atoms with Gasteiger partial charge in [-0.1, -0.05) is 30.3 Å². The summed E-state index contributed by atoms with van der Waals surface area (Å²) < 4.78 is 14.9. The molecule has 26 heavy (non-hydrogen) atoms. The van der Waals surface area contributed by atoms with Crippen LogP contribution in [0.5, 0.6) is 0 Å². The Morgan fingerprint density at radius 2 is 2.00 bits per heavy atom. The summed E-state index contributed by atoms with van der Waals surface area (Å²) in [6, 6.07) is 9.55. The van der Waals surface area contributed by atoms with Crippen molar-refractivity contribution in [3.8, 4) is 0 Å². The van der Waals surface area contributed by atoms with Gasteiger partial charge in [0, 0.05) is 26.3 Å². The number of benzene rings is 1. The first-order valence-electron chi connectivity index (χ1n) is 8.17. The number of hydrogen-bond donors (Lipinski definition) is 0. The van der Waals surface area contributed by atoms with Gasteiger partial charge in [0.05, 0.1) is 13.7 Å². The van der Waals surface area contributed by atoms with E-state index in [0.717, 1.165) is 5.56 Å². The first-order chi connectivity index (χ1) is 12.6. The third-order valence-electron chi connectivity index (χ3n) is 3.58. The van der Waals surface area contributed by atoms with Crippen LogP contribution in [-0.4, -0.2) is 49.1 Å². The summed E-state index contributed by atoms with van der Waals surface area (Å²) >= 11 is 0. The molecule has 2 aromatic rings. The molecular weight excluding hydrogens is 336 g/mol. The maximum absolute atomic E-state index is 12.5. The SMILES string of the molecule is COCCCN(Cc1nc(C(=O)OC)co1)C(=O)/C=C/c1ccccc1. The minimum absolute atomic E-state index is 0.0756. The molecule has 0 N–H and O–H groups in total. The van der Waals surface area contributed by atoms with Crippen LogP contribution in [0.1, 0.15) is 28.4 Å². The van der Waals surface area contributed by atoms with Crippen LogP contribution in [0, 0.1) is 0 Å². The van der Waals surface area contributed by atoms with Gasteiger partial charge in [-0.2, -0.15) is 0 Å². The van der Waals surface area contributed by atoms with E-state index in [1.165, 1.54) is 19.4 Å². The van der Waals surface area contributed by atoms with Crippen molar-refractivity contribution < 1.29 is 23.5 Å². The third kappa shape index (κ3) is 5.86. The van der Waals surface area contributed by atoms with E-state index in [-0.39, 0.29) is 24.0 Å². The molecule has 0 atom stereocenters. The normalized spacial score (nSPS) is 10.8. The number of hydrogen-bond acceptors (Lipinski definition) is 6. The van der Waals surface area contributed by atoms with Gasteiger partial charge in [-0.25, -0.2) is 9.78 Å². The Hall–Kier alpha value is -2.93. The third-order valence-corrected chi connectivity index (χ3v) is 3.58. The van der Waals surface area contributed by atoms with Crippen molar-refractivity contribution in [2.45, 2.75) is 13.0 Å². The van der Waals surface area contributed by atoms with Crippen LogP contribution in [-0.2, 0) is 20.8 Å². The molecule has 0 aliphatic carbocycles. The number of nitrogens with zero attached hydrogens (tertiary/aromatic N) is 2. The molecule has 0 radical (unpaired) electrons. The topological polar surface area (TPSA) is 81.9 Å². The van der Waals surface area contributed by atoms with Crippen LogP contribution >= 0.6 is 0 Å². The zero-order chi connectivity index (χ0) is 18.8. The van der Waals surface area contributed by atoms with Gasteiger partial charge in [0.1, 0.15) is 6.26 Å². The number of aromatic nitrogens is 1. The van der Waals surface area contributed by atoms with Gasteiger partial charge in [-0.15, -0.1) is 0 Å². The average Bonchev–Trinajstić information content (AvgIpc) is 3.14. The van der Waals surface area contributed by atoms with E-state index in [9.17, 15) is 9.59 Å². The molecule has 138 valence electrons. The van der Waals surface area contributed by atoms with E-state index in [0.29, 0.717) is 19.6 Å². The van der Waals surface area contributed by atoms with E-state index in [1.54, 1.807) is 18.1 Å². The molecular formula is C19H22N2O5. The molecule has 7 nitrogen and oxygen atoms in total. The van der Waals surface area contributed by atoms with Gasteiger partial charge >= 0.3 is 5.97 Å². The molecule has 0 aliphatic heterocycles. The Bertz CT molecular complexity index is 739. The van der Waals surface area contributed by atoms with Crippen molar-refractivity contribution in [2.24, 2.45) is 0 Å². The second-order valence-electron chi connectivity index (χ2n) is 5.47. The van der Waals surface area contributed by atoms with Crippen molar-refractivity contribution in [2.75, 3.05) is 27.4 Å². The highest BCUT2D eigenvalue weighted by Crippen LogP contribution is 2.09. The maximum atomic E-state index is 12.5. The fraction of sp³-hybridized carbons (Fsp3) is 0.316. The first kappa shape index (κ1) is 19.4. The van der Waals surface area contributed by atoms with Crippen molar-refractivity contribution in [3.05, 3.63) is 59.8 Å². The Kier molecular flexibility index (Phi) is 7.57. The van der Waals surface area contributed by atoms with Crippen LogP contribution in [0.2, 0.25) is 0 Å². The highest BCUT2D eigenvalue weighted by molar-refractivity contribution is 5.91. The Labute approximate surface area is 152 Å². The van der Waals surface area contributed by atoms with Gasteiger partial charge < -0.3 is 18.8 Å². The van der Waals surface area contributed by atoms with Crippen molar-refractivity contribution >= 4 is 18.0 Å². The summed E-state index contributed by atoms with van der Waals surface area (Å²) in [5.41, 5.74) is 1.01. The lowest BCUT2D eigenvalue weighted by Gasteiger charge is -2.19. The molecule has 0 saturated carbocycles. The van der Waals surface area contributed by atoms with Crippen molar-refractivity contribution in [1.29, 1.82) is 0 Å². The number of amides is 1. The Morgan fingerprint density at radius 1 is 1.23 bits per heavy atom. The van der Waals surface area contributed by atoms with E-state index >= 15 is 0 Å². The van der Waals surface area contributed by atoms with Gasteiger partial charge in [-0.05, 0) is 18.1 Å². The standard InChI is InChI=1S/C19H22N2O5/c1-24-12-6-11-21(13-17-20-16(14-26-17)19(23)25-2)18(22)10-9-15-7-4-3-5-8-15/h3-5,7-10,14H,6,11-13H2,1-2H3/b10-9+. The van der Waals surface area contributed by atoms with Crippen LogP contribution in [0.15, 0.2) is 47.1 Å². The minimum Gasteiger partial charge on any atom is -0.464 e. The van der Waals surface area contributed by atoms with Gasteiger partial charge in [0.15, 0.2) is 5.69 Å². The van der Waals surface area contributed by atoms with E-state index in [2.05, 4.69) is 9.72 Å². The molecule has 1 amide bonds. The fourth-order valence-electron chi connectivity index (χ4n) is 2.25. The van der Waals surface area contributed by atoms with Gasteiger partial charge in [0.2, 0.25) is 11.8 Å². The summed E-state index contributed by atoms with van der Waals surface area (Å²) in [7, 11) is 2.88. The summed E-state index contributed by atoms with van der Waals surface area (Å²) in [6.07, 6.45) is 5.15. The molecule has 0 saturated heterocycles. The summed E-state index contributed by atoms with van der Waals surface area (Å²) in [5.74, 6) is -0.492. The van der Waals surface area contributed by atoms with Crippen LogP contribution in [0.4, 0.5) is 0 Å². The number of rotatable bonds is 9. The number of ether oxygens (including phenoxy) is 2. The minimum atomic E-state index is -0.582. The lowest BCUT2D eigenvalue weighted by atomic mass is 10.2. The zero-order valence-electron chi connectivity index (χ0n) is 14.9. The van der Waals surface area contributed by atoms with Crippen LogP contribution in [0.25, 0.3) is 6.08 Å². The summed E-state index contributed by atoms with van der Waals surface area (Å²) in [6.45, 7) is 1.16. The molecule has 1 aromatic carbocycles. The maximum Gasteiger partial charge on any atom is 0.360 e. The summed E-state index contributed by atoms with van der Waals surface area (Å²) in [5, 5.41) is 0. The van der Waals surface area contributed by atoms with E-state index < -0.39 is 5.97 Å². The van der Waals surface area contributed by atoms with Crippen LogP contribution < -0.4 is 0 Å². The highest BCUT2D eigenvalue weighted by atomic mass is 16.5. The first-order valence-corrected chi connectivity index (χ1v) is 8.17. The molecule has 1 aromatic heterocycles. The average molecular weight is 358 g/mol. The van der Waals surface area contributed by atoms with E-state index in [1.807, 2.05) is 30.3 Å². The molecule has 1 heterocycles. The monoisotopic (exact) mass is 358 g/mol. The Balaban J connectivity index is 2.06. The largest absolute Gasteiger partial charge is 0.464 e. The second-order valence-corrected chi connectivity index (χ2v) is 5.47. The van der Waals surface area contributed by atoms with E-state index in [4.69, 9.17) is 9.15 Å². The number of oxazole rings is 1. The smallest absolute Gasteiger partial charge is 0.360 e. The summed E-state index contributed by atoms with van der Waals surface area (Å²) in [4.78, 5) is 29.7. The quantitative estimate of drug-likeness (QED) is 0.389. The molecule has 0 unspecified atom stereocenters. The number of methoxy groups -OCH3 is 2. The van der Waals surface area contributed by atoms with Crippen molar-refractivity contribution in [1.82, 2.24) is 9.88 Å². The lowest BCUT2D eigenvalue weighted by Crippen LogP contribution is -2.30. The number of esters is 1. The van der Waals surface area contributed by atoms with Gasteiger partial charge in [-0.3, -0.25) is 4.79 Å². The molecule has 7 heteroatoms. The molecule has 0 fully saturated rings. The molecule has 2 rings (SSSR count). The lowest BCUT2D eigenvalue weighted by molar-refractivity contribution is -0.127. The second kappa shape index (κ2) is 10.1. The molecule has 0 aliphatic rings. The predicted octanol–water partition coefficient (Wildman–Crippen LogP) is 2.54. The van der Waals surface area contributed by atoms with Crippen molar-refractivity contribution in [3.63, 3.8) is 0 Å². The zero-order valence-corrected chi connectivity index (χ0v) is 14.9. The fourth-order valence-corrected chi connectivity index (χ4v) is 2.25. The predicted molar refractivity (Wildman–Crippen MR) is 95.2 cm³/mol. The van der Waals surface area contributed by atoms with Gasteiger partial charge in [0.25, 0.3) is 0 Å². The van der Waals surface area contributed by atoms with Crippen LogP contribution in [0.3, 0.4) is 0 Å². The highest BCUT2D eigenvalue weighted by Gasteiger charge is 2.17.